The van der Waals surface area contributed by atoms with E-state index in [0.29, 0.717) is 11.3 Å². The van der Waals surface area contributed by atoms with Crippen molar-refractivity contribution in [2.75, 3.05) is 5.73 Å². The Bertz CT molecular complexity index is 834. The number of hydrogen-bond donors (Lipinski definition) is 1. The fourth-order valence-corrected chi connectivity index (χ4v) is 2.59. The molecule has 0 unspecified atom stereocenters. The average molecular weight is 331 g/mol. The standard InChI is InChI=1S/C18H16F3N3/c1-2-12-8-10-14(11-9-12)24-17(22)15(13-6-4-3-5-7-13)16(23-24)18(19,20)21/h3-11H,2,22H2,1H3. The second kappa shape index (κ2) is 6.03. The van der Waals surface area contributed by atoms with Crippen LogP contribution in [0.3, 0.4) is 0 Å². The number of hydrogen-bond acceptors (Lipinski definition) is 2. The molecule has 0 fully saturated rings. The van der Waals surface area contributed by atoms with Crippen molar-refractivity contribution in [3.8, 4) is 16.8 Å². The first-order valence-corrected chi connectivity index (χ1v) is 7.52. The monoisotopic (exact) mass is 331 g/mol. The molecule has 0 bridgehead atoms. The molecule has 3 nitrogen and oxygen atoms in total. The number of nitrogens with zero attached hydrogens (tertiary/aromatic N) is 2. The van der Waals surface area contributed by atoms with E-state index in [4.69, 9.17) is 5.73 Å². The Labute approximate surface area is 137 Å². The van der Waals surface area contributed by atoms with E-state index < -0.39 is 11.9 Å². The van der Waals surface area contributed by atoms with Gasteiger partial charge in [-0.2, -0.15) is 18.3 Å². The van der Waals surface area contributed by atoms with E-state index in [1.54, 1.807) is 42.5 Å². The third kappa shape index (κ3) is 2.87. The lowest BCUT2D eigenvalue weighted by atomic mass is 10.1. The molecule has 0 aliphatic rings. The highest BCUT2D eigenvalue weighted by molar-refractivity contribution is 5.78. The van der Waals surface area contributed by atoms with Crippen LogP contribution in [0.4, 0.5) is 19.0 Å². The van der Waals surface area contributed by atoms with Gasteiger partial charge in [0, 0.05) is 0 Å². The second-order valence-electron chi connectivity index (χ2n) is 5.40. The predicted octanol–water partition coefficient (Wildman–Crippen LogP) is 4.70. The van der Waals surface area contributed by atoms with Crippen molar-refractivity contribution in [2.45, 2.75) is 19.5 Å². The summed E-state index contributed by atoms with van der Waals surface area (Å²) in [6, 6.07) is 15.4. The molecule has 2 aromatic carbocycles. The Morgan fingerprint density at radius 1 is 1.00 bits per heavy atom. The fraction of sp³-hybridized carbons (Fsp3) is 0.167. The lowest BCUT2D eigenvalue weighted by Crippen LogP contribution is -2.08. The smallest absolute Gasteiger partial charge is 0.383 e. The van der Waals surface area contributed by atoms with Gasteiger partial charge in [-0.15, -0.1) is 0 Å². The van der Waals surface area contributed by atoms with E-state index in [0.717, 1.165) is 16.7 Å². The lowest BCUT2D eigenvalue weighted by molar-refractivity contribution is -0.140. The van der Waals surface area contributed by atoms with Crippen LogP contribution in [0.1, 0.15) is 18.2 Å². The minimum atomic E-state index is -4.59. The fourth-order valence-electron chi connectivity index (χ4n) is 2.59. The summed E-state index contributed by atoms with van der Waals surface area (Å²) in [5, 5.41) is 3.75. The summed E-state index contributed by atoms with van der Waals surface area (Å²) >= 11 is 0. The van der Waals surface area contributed by atoms with Crippen LogP contribution in [-0.2, 0) is 12.6 Å². The number of benzene rings is 2. The molecular weight excluding hydrogens is 315 g/mol. The van der Waals surface area contributed by atoms with Gasteiger partial charge in [0.2, 0.25) is 0 Å². The highest BCUT2D eigenvalue weighted by Crippen LogP contribution is 2.40. The third-order valence-electron chi connectivity index (χ3n) is 3.84. The van der Waals surface area contributed by atoms with Gasteiger partial charge in [-0.25, -0.2) is 4.68 Å². The van der Waals surface area contributed by atoms with Gasteiger partial charge < -0.3 is 5.73 Å². The van der Waals surface area contributed by atoms with Gasteiger partial charge in [-0.1, -0.05) is 49.4 Å². The van der Waals surface area contributed by atoms with Crippen LogP contribution < -0.4 is 5.73 Å². The zero-order valence-electron chi connectivity index (χ0n) is 13.0. The van der Waals surface area contributed by atoms with Crippen LogP contribution in [0, 0.1) is 0 Å². The quantitative estimate of drug-likeness (QED) is 0.756. The number of nitrogens with two attached hydrogens (primary N) is 1. The van der Waals surface area contributed by atoms with Crippen molar-refractivity contribution < 1.29 is 13.2 Å². The molecule has 0 spiro atoms. The first-order chi connectivity index (χ1) is 11.4. The molecule has 0 atom stereocenters. The first kappa shape index (κ1) is 16.1. The zero-order chi connectivity index (χ0) is 17.3. The van der Waals surface area contributed by atoms with E-state index in [1.807, 2.05) is 19.1 Å². The molecule has 3 aromatic rings. The molecule has 24 heavy (non-hydrogen) atoms. The van der Waals surface area contributed by atoms with Crippen LogP contribution in [0.25, 0.3) is 16.8 Å². The Morgan fingerprint density at radius 3 is 2.17 bits per heavy atom. The number of alkyl halides is 3. The molecule has 0 saturated carbocycles. The van der Waals surface area contributed by atoms with Gasteiger partial charge in [-0.3, -0.25) is 0 Å². The van der Waals surface area contributed by atoms with E-state index in [-0.39, 0.29) is 11.4 Å². The number of nitrogen functional groups attached to an aromatic ring is 1. The van der Waals surface area contributed by atoms with E-state index >= 15 is 0 Å². The molecule has 1 aromatic heterocycles. The molecule has 0 amide bonds. The van der Waals surface area contributed by atoms with E-state index in [2.05, 4.69) is 5.10 Å². The van der Waals surface area contributed by atoms with Crippen molar-refractivity contribution in [1.82, 2.24) is 9.78 Å². The van der Waals surface area contributed by atoms with Gasteiger partial charge in [-0.05, 0) is 29.7 Å². The Morgan fingerprint density at radius 2 is 1.62 bits per heavy atom. The van der Waals surface area contributed by atoms with Crippen LogP contribution in [-0.4, -0.2) is 9.78 Å². The van der Waals surface area contributed by atoms with Gasteiger partial charge in [0.25, 0.3) is 0 Å². The molecule has 0 aliphatic heterocycles. The van der Waals surface area contributed by atoms with Gasteiger partial charge >= 0.3 is 6.18 Å². The van der Waals surface area contributed by atoms with Crippen molar-refractivity contribution in [3.63, 3.8) is 0 Å². The Hall–Kier alpha value is -2.76. The molecule has 0 saturated heterocycles. The zero-order valence-corrected chi connectivity index (χ0v) is 13.0. The molecule has 6 heteroatoms. The van der Waals surface area contributed by atoms with Crippen LogP contribution in [0.2, 0.25) is 0 Å². The molecule has 0 aliphatic carbocycles. The second-order valence-corrected chi connectivity index (χ2v) is 5.40. The van der Waals surface area contributed by atoms with Crippen molar-refractivity contribution in [1.29, 1.82) is 0 Å². The topological polar surface area (TPSA) is 43.8 Å². The summed E-state index contributed by atoms with van der Waals surface area (Å²) in [5.41, 5.74) is 6.93. The number of aryl methyl sites for hydroxylation is 1. The Balaban J connectivity index is 2.20. The molecular formula is C18H16F3N3. The average Bonchev–Trinajstić information content (AvgIpc) is 2.93. The summed E-state index contributed by atoms with van der Waals surface area (Å²) in [7, 11) is 0. The normalized spacial score (nSPS) is 11.7. The van der Waals surface area contributed by atoms with Crippen molar-refractivity contribution in [3.05, 3.63) is 65.9 Å². The molecule has 124 valence electrons. The maximum Gasteiger partial charge on any atom is 0.435 e. The molecule has 2 N–H and O–H groups in total. The summed E-state index contributed by atoms with van der Waals surface area (Å²) in [6.45, 7) is 2.01. The molecule has 3 rings (SSSR count). The van der Waals surface area contributed by atoms with E-state index in [9.17, 15) is 13.2 Å². The van der Waals surface area contributed by atoms with Crippen LogP contribution in [0.5, 0.6) is 0 Å². The maximum atomic E-state index is 13.4. The SMILES string of the molecule is CCc1ccc(-n2nc(C(F)(F)F)c(-c3ccccc3)c2N)cc1. The highest BCUT2D eigenvalue weighted by atomic mass is 19.4. The van der Waals surface area contributed by atoms with Gasteiger partial charge in [0.15, 0.2) is 5.69 Å². The number of rotatable bonds is 3. The summed E-state index contributed by atoms with van der Waals surface area (Å²) in [4.78, 5) is 0. The maximum absolute atomic E-state index is 13.4. The van der Waals surface area contributed by atoms with Crippen molar-refractivity contribution >= 4 is 5.82 Å². The summed E-state index contributed by atoms with van der Waals surface area (Å²) in [5.74, 6) is -0.0298. The van der Waals surface area contributed by atoms with Gasteiger partial charge in [0.05, 0.1) is 11.3 Å². The third-order valence-corrected chi connectivity index (χ3v) is 3.84. The van der Waals surface area contributed by atoms with Gasteiger partial charge in [0.1, 0.15) is 5.82 Å². The largest absolute Gasteiger partial charge is 0.435 e. The predicted molar refractivity (Wildman–Crippen MR) is 87.8 cm³/mol. The number of halogens is 3. The number of anilines is 1. The lowest BCUT2D eigenvalue weighted by Gasteiger charge is -2.07. The molecule has 1 heterocycles. The van der Waals surface area contributed by atoms with Crippen LogP contribution in [0.15, 0.2) is 54.6 Å². The Kier molecular flexibility index (Phi) is 4.05. The summed E-state index contributed by atoms with van der Waals surface area (Å²) < 4.78 is 41.4. The highest BCUT2D eigenvalue weighted by Gasteiger charge is 2.39. The minimum Gasteiger partial charge on any atom is -0.383 e. The number of aromatic nitrogens is 2. The molecule has 0 radical (unpaired) electrons. The van der Waals surface area contributed by atoms with Crippen LogP contribution >= 0.6 is 0 Å². The summed E-state index contributed by atoms with van der Waals surface area (Å²) in [6.07, 6.45) is -3.74. The van der Waals surface area contributed by atoms with E-state index in [1.165, 1.54) is 0 Å². The minimum absolute atomic E-state index is 0.0298. The van der Waals surface area contributed by atoms with Crippen molar-refractivity contribution in [2.24, 2.45) is 0 Å². The first-order valence-electron chi connectivity index (χ1n) is 7.52.